The first-order valence-electron chi connectivity index (χ1n) is 11.3. The Morgan fingerprint density at radius 2 is 1.30 bits per heavy atom. The van der Waals surface area contributed by atoms with E-state index in [4.69, 9.17) is 0 Å². The maximum atomic E-state index is 13.3. The molecule has 2 nitrogen and oxygen atoms in total. The predicted octanol–water partition coefficient (Wildman–Crippen LogP) is 8.51. The summed E-state index contributed by atoms with van der Waals surface area (Å²) in [5.74, 6) is -19.5. The van der Waals surface area contributed by atoms with Gasteiger partial charge in [0.25, 0.3) is 0 Å². The molecule has 0 aromatic carbocycles. The van der Waals surface area contributed by atoms with Crippen LogP contribution >= 0.6 is 0 Å². The zero-order valence-electron chi connectivity index (χ0n) is 18.9. The number of hydrogen-bond donors (Lipinski definition) is 0. The van der Waals surface area contributed by atoms with Gasteiger partial charge in [-0.3, -0.25) is 4.79 Å². The molecule has 0 aliphatic carbocycles. The van der Waals surface area contributed by atoms with Gasteiger partial charge >= 0.3 is 30.2 Å². The summed E-state index contributed by atoms with van der Waals surface area (Å²) in [6.07, 6.45) is 13.0. The molecule has 0 unspecified atom stereocenters. The number of carbonyl (C=O) groups excluding carboxylic acids is 1. The van der Waals surface area contributed by atoms with Gasteiger partial charge in [0.1, 0.15) is 0 Å². The number of ether oxygens (including phenoxy) is 1. The van der Waals surface area contributed by atoms with Crippen molar-refractivity contribution in [2.75, 3.05) is 6.61 Å². The lowest BCUT2D eigenvalue weighted by molar-refractivity contribution is -0.344. The van der Waals surface area contributed by atoms with Crippen LogP contribution in [0.3, 0.4) is 0 Å². The molecular formula is C23H34F8O2. The molecule has 0 radical (unpaired) electrons. The Morgan fingerprint density at radius 3 is 1.85 bits per heavy atom. The van der Waals surface area contributed by atoms with Crippen LogP contribution in [-0.2, 0) is 9.53 Å². The lowest BCUT2D eigenvalue weighted by Gasteiger charge is -2.31. The molecule has 194 valence electrons. The Morgan fingerprint density at radius 1 is 0.788 bits per heavy atom. The van der Waals surface area contributed by atoms with Crippen molar-refractivity contribution in [1.29, 1.82) is 0 Å². The van der Waals surface area contributed by atoms with Crippen LogP contribution in [0, 0.1) is 0 Å². The minimum Gasteiger partial charge on any atom is -0.459 e. The summed E-state index contributed by atoms with van der Waals surface area (Å²) in [4.78, 5) is 11.4. The third kappa shape index (κ3) is 11.9. The number of unbranched alkanes of at least 4 members (excludes halogenated alkanes) is 8. The average molecular weight is 495 g/mol. The van der Waals surface area contributed by atoms with E-state index in [2.05, 4.69) is 36.0 Å². The lowest BCUT2D eigenvalue weighted by Crippen LogP contribution is -2.59. The Kier molecular flexibility index (Phi) is 15.3. The summed E-state index contributed by atoms with van der Waals surface area (Å²) in [6.45, 7) is -0.240. The zero-order chi connectivity index (χ0) is 25.4. The van der Waals surface area contributed by atoms with Gasteiger partial charge in [0.2, 0.25) is 0 Å². The van der Waals surface area contributed by atoms with Gasteiger partial charge < -0.3 is 4.74 Å². The maximum Gasteiger partial charge on any atom is 0.381 e. The van der Waals surface area contributed by atoms with Crippen LogP contribution in [0.5, 0.6) is 0 Å². The number of allylic oxidation sites excluding steroid dienone is 4. The third-order valence-corrected chi connectivity index (χ3v) is 4.90. The summed E-state index contributed by atoms with van der Waals surface area (Å²) < 4.78 is 106. The molecule has 0 N–H and O–H groups in total. The van der Waals surface area contributed by atoms with Crippen LogP contribution in [0.2, 0.25) is 0 Å². The standard InChI is InChI=1S/C23H34F8O2/c1-2-3-4-5-6-7-8-9-10-11-12-13-14-15-16-17-19(32)33-18-21(26,27)23(30,31)22(28,29)20(24)25/h6-7,9-10,20H,2-5,8,11-18H2,1H3/b7-6-,10-9-. The van der Waals surface area contributed by atoms with Crippen molar-refractivity contribution in [3.05, 3.63) is 24.3 Å². The highest BCUT2D eigenvalue weighted by molar-refractivity contribution is 5.69. The van der Waals surface area contributed by atoms with Crippen LogP contribution in [0.25, 0.3) is 0 Å². The molecule has 0 saturated carbocycles. The smallest absolute Gasteiger partial charge is 0.381 e. The van der Waals surface area contributed by atoms with E-state index in [-0.39, 0.29) is 12.8 Å². The topological polar surface area (TPSA) is 26.3 Å². The molecule has 0 rings (SSSR count). The molecule has 0 aromatic heterocycles. The molecule has 0 fully saturated rings. The molecule has 33 heavy (non-hydrogen) atoms. The molecule has 0 aromatic rings. The van der Waals surface area contributed by atoms with E-state index in [1.165, 1.54) is 19.3 Å². The van der Waals surface area contributed by atoms with Crippen LogP contribution in [-0.4, -0.2) is 36.8 Å². The monoisotopic (exact) mass is 494 g/mol. The van der Waals surface area contributed by atoms with E-state index in [9.17, 15) is 39.9 Å². The fourth-order valence-corrected chi connectivity index (χ4v) is 2.80. The molecule has 0 amide bonds. The predicted molar refractivity (Wildman–Crippen MR) is 111 cm³/mol. The highest BCUT2D eigenvalue weighted by Gasteiger charge is 2.75. The van der Waals surface area contributed by atoms with Gasteiger partial charge in [0.15, 0.2) is 6.61 Å². The van der Waals surface area contributed by atoms with E-state index in [1.54, 1.807) is 0 Å². The first kappa shape index (κ1) is 31.4. The largest absolute Gasteiger partial charge is 0.459 e. The van der Waals surface area contributed by atoms with E-state index in [0.29, 0.717) is 6.42 Å². The number of alkyl halides is 8. The quantitative estimate of drug-likeness (QED) is 0.0779. The van der Waals surface area contributed by atoms with Gasteiger partial charge in [-0.2, -0.15) is 26.3 Å². The molecular weight excluding hydrogens is 460 g/mol. The van der Waals surface area contributed by atoms with Crippen LogP contribution in [0.4, 0.5) is 35.1 Å². The Balaban J connectivity index is 3.92. The van der Waals surface area contributed by atoms with Crippen molar-refractivity contribution in [3.8, 4) is 0 Å². The molecule has 0 atom stereocenters. The number of rotatable bonds is 19. The van der Waals surface area contributed by atoms with Crippen LogP contribution in [0.15, 0.2) is 24.3 Å². The van der Waals surface area contributed by atoms with Gasteiger partial charge in [0, 0.05) is 6.42 Å². The van der Waals surface area contributed by atoms with E-state index < -0.39 is 36.8 Å². The van der Waals surface area contributed by atoms with Crippen molar-refractivity contribution >= 4 is 5.97 Å². The van der Waals surface area contributed by atoms with Crippen molar-refractivity contribution < 1.29 is 44.7 Å². The second kappa shape index (κ2) is 16.1. The Hall–Kier alpha value is -1.61. The van der Waals surface area contributed by atoms with E-state index in [1.807, 2.05) is 0 Å². The van der Waals surface area contributed by atoms with Crippen molar-refractivity contribution in [1.82, 2.24) is 0 Å². The summed E-state index contributed by atoms with van der Waals surface area (Å²) in [7, 11) is 0. The van der Waals surface area contributed by atoms with Gasteiger partial charge in [-0.15, -0.1) is 0 Å². The van der Waals surface area contributed by atoms with Crippen LogP contribution in [0.1, 0.15) is 84.0 Å². The normalized spacial score (nSPS) is 13.5. The number of carbonyl (C=O) groups is 1. The Bertz CT molecular complexity index is 589. The highest BCUT2D eigenvalue weighted by Crippen LogP contribution is 2.48. The van der Waals surface area contributed by atoms with Gasteiger partial charge in [0.05, 0.1) is 0 Å². The molecule has 0 aliphatic heterocycles. The van der Waals surface area contributed by atoms with E-state index in [0.717, 1.165) is 38.5 Å². The fourth-order valence-electron chi connectivity index (χ4n) is 2.80. The van der Waals surface area contributed by atoms with Gasteiger partial charge in [-0.1, -0.05) is 63.3 Å². The summed E-state index contributed by atoms with van der Waals surface area (Å²) >= 11 is 0. The zero-order valence-corrected chi connectivity index (χ0v) is 18.9. The van der Waals surface area contributed by atoms with E-state index >= 15 is 0 Å². The number of hydrogen-bond acceptors (Lipinski definition) is 2. The van der Waals surface area contributed by atoms with Crippen molar-refractivity contribution in [2.24, 2.45) is 0 Å². The van der Waals surface area contributed by atoms with Crippen molar-refractivity contribution in [2.45, 2.75) is 108 Å². The number of halogens is 8. The second-order valence-corrected chi connectivity index (χ2v) is 7.84. The molecule has 0 heterocycles. The maximum absolute atomic E-state index is 13.3. The minimum atomic E-state index is -6.37. The minimum absolute atomic E-state index is 0.243. The third-order valence-electron chi connectivity index (χ3n) is 4.90. The highest BCUT2D eigenvalue weighted by atomic mass is 19.4. The first-order valence-corrected chi connectivity index (χ1v) is 11.3. The van der Waals surface area contributed by atoms with Gasteiger partial charge in [-0.25, -0.2) is 8.78 Å². The van der Waals surface area contributed by atoms with Gasteiger partial charge in [-0.05, 0) is 38.5 Å². The number of esters is 1. The molecule has 0 spiro atoms. The lowest BCUT2D eigenvalue weighted by atomic mass is 10.1. The molecule has 0 bridgehead atoms. The first-order chi connectivity index (χ1) is 15.4. The molecule has 10 heteroatoms. The summed E-state index contributed by atoms with van der Waals surface area (Å²) in [6, 6.07) is 0. The van der Waals surface area contributed by atoms with Crippen LogP contribution < -0.4 is 0 Å². The van der Waals surface area contributed by atoms with Crippen molar-refractivity contribution in [3.63, 3.8) is 0 Å². The SMILES string of the molecule is CCCCC/C=C\C/C=C\CCCCCCCC(=O)OCC(F)(F)C(F)(F)C(F)(F)C(F)F. The average Bonchev–Trinajstić information content (AvgIpc) is 2.74. The molecule has 0 saturated heterocycles. The summed E-state index contributed by atoms with van der Waals surface area (Å²) in [5, 5.41) is 0. The second-order valence-electron chi connectivity index (χ2n) is 7.84. The fraction of sp³-hybridized carbons (Fsp3) is 0.783. The summed E-state index contributed by atoms with van der Waals surface area (Å²) in [5.41, 5.74) is 0. The Labute approximate surface area is 190 Å². The molecule has 0 aliphatic rings.